The molecule has 53 heavy (non-hydrogen) atoms. The number of nitrogens with zero attached hydrogens (tertiary/aromatic N) is 3. The molecule has 0 spiro atoms. The second kappa shape index (κ2) is 13.0. The van der Waals surface area contributed by atoms with Crippen LogP contribution >= 0.6 is 0 Å². The zero-order valence-electron chi connectivity index (χ0n) is 29.6. The summed E-state index contributed by atoms with van der Waals surface area (Å²) in [5.41, 5.74) is 18.4. The number of rotatable bonds is 6. The molecular weight excluding hydrogens is 643 g/mol. The van der Waals surface area contributed by atoms with Crippen molar-refractivity contribution in [2.24, 2.45) is 0 Å². The zero-order valence-corrected chi connectivity index (χ0v) is 29.6. The van der Waals surface area contributed by atoms with Crippen LogP contribution < -0.4 is 0 Å². The zero-order chi connectivity index (χ0) is 35.9. The number of benzene rings is 6. The third kappa shape index (κ3) is 5.91. The van der Waals surface area contributed by atoms with Gasteiger partial charge in [-0.25, -0.2) is 4.98 Å². The lowest BCUT2D eigenvalue weighted by atomic mass is 9.81. The van der Waals surface area contributed by atoms with E-state index in [0.717, 1.165) is 55.9 Å². The lowest BCUT2D eigenvalue weighted by Crippen LogP contribution is -2.15. The highest BCUT2D eigenvalue weighted by Gasteiger charge is 2.35. The van der Waals surface area contributed by atoms with Crippen molar-refractivity contribution in [3.8, 4) is 84.2 Å². The Bertz CT molecular complexity index is 2670. The van der Waals surface area contributed by atoms with E-state index in [1.54, 1.807) is 0 Å². The fourth-order valence-corrected chi connectivity index (χ4v) is 7.72. The summed E-state index contributed by atoms with van der Waals surface area (Å²) in [5, 5.41) is 9.65. The monoisotopic (exact) mass is 677 g/mol. The average Bonchev–Trinajstić information content (AvgIpc) is 3.46. The topological polar surface area (TPSA) is 49.6 Å². The van der Waals surface area contributed by atoms with Gasteiger partial charge >= 0.3 is 0 Å². The molecule has 6 aromatic carbocycles. The Morgan fingerprint density at radius 3 is 1.51 bits per heavy atom. The van der Waals surface area contributed by atoms with Gasteiger partial charge in [0.15, 0.2) is 0 Å². The molecule has 1 aliphatic rings. The molecule has 0 unspecified atom stereocenters. The van der Waals surface area contributed by atoms with Crippen molar-refractivity contribution in [3.05, 3.63) is 193 Å². The highest BCUT2D eigenvalue weighted by Crippen LogP contribution is 2.50. The molecule has 8 aromatic rings. The molecule has 0 fully saturated rings. The predicted molar refractivity (Wildman–Crippen MR) is 217 cm³/mol. The molecule has 0 saturated heterocycles. The van der Waals surface area contributed by atoms with E-state index in [1.165, 1.54) is 33.4 Å². The van der Waals surface area contributed by atoms with Gasteiger partial charge in [-0.3, -0.25) is 4.98 Å². The SMILES string of the molecule is CC1(C)c2cc(C#N)ccc2-c2ccc(-c3cc(-c4ccncc4)cc(-c4cc(-c5ccccc5)nc(-c5ccc(-c6ccccc6)cc5)c4)c3)cc21. The second-order valence-corrected chi connectivity index (χ2v) is 14.2. The van der Waals surface area contributed by atoms with Crippen LogP contribution in [0.2, 0.25) is 0 Å². The van der Waals surface area contributed by atoms with Crippen LogP contribution in [0.15, 0.2) is 176 Å². The molecule has 0 N–H and O–H groups in total. The molecule has 0 saturated carbocycles. The van der Waals surface area contributed by atoms with Crippen molar-refractivity contribution in [1.82, 2.24) is 9.97 Å². The van der Waals surface area contributed by atoms with Gasteiger partial charge in [0.25, 0.3) is 0 Å². The first-order chi connectivity index (χ1) is 25.9. The van der Waals surface area contributed by atoms with Crippen molar-refractivity contribution in [3.63, 3.8) is 0 Å². The van der Waals surface area contributed by atoms with E-state index < -0.39 is 0 Å². The second-order valence-electron chi connectivity index (χ2n) is 14.2. The standard InChI is InChI=1S/C50H35N3/c1-50(2)46-25-33(32-51)13-19-44(46)45-20-18-39(29-47(45)50)41-26-40(36-21-23-52-24-22-36)27-42(28-41)43-30-48(37-11-7-4-8-12-37)53-49(31-43)38-16-14-35(15-17-38)34-9-5-3-6-10-34/h3-31H,1-2H3. The molecule has 3 nitrogen and oxygen atoms in total. The summed E-state index contributed by atoms with van der Waals surface area (Å²) in [6.07, 6.45) is 3.70. The van der Waals surface area contributed by atoms with Crippen molar-refractivity contribution < 1.29 is 0 Å². The fraction of sp³-hybridized carbons (Fsp3) is 0.0600. The van der Waals surface area contributed by atoms with Crippen LogP contribution in [0.25, 0.3) is 78.1 Å². The summed E-state index contributed by atoms with van der Waals surface area (Å²) in [7, 11) is 0. The number of nitriles is 1. The van der Waals surface area contributed by atoms with Crippen LogP contribution in [0.4, 0.5) is 0 Å². The van der Waals surface area contributed by atoms with E-state index in [-0.39, 0.29) is 5.41 Å². The lowest BCUT2D eigenvalue weighted by molar-refractivity contribution is 0.660. The van der Waals surface area contributed by atoms with Crippen molar-refractivity contribution in [1.29, 1.82) is 5.26 Å². The summed E-state index contributed by atoms with van der Waals surface area (Å²) < 4.78 is 0. The summed E-state index contributed by atoms with van der Waals surface area (Å²) >= 11 is 0. The van der Waals surface area contributed by atoms with Crippen LogP contribution in [0, 0.1) is 11.3 Å². The summed E-state index contributed by atoms with van der Waals surface area (Å²) in [6, 6.07) is 60.3. The molecule has 0 aliphatic heterocycles. The first-order valence-electron chi connectivity index (χ1n) is 17.9. The number of hydrogen-bond acceptors (Lipinski definition) is 3. The number of pyridine rings is 2. The van der Waals surface area contributed by atoms with Crippen LogP contribution in [0.5, 0.6) is 0 Å². The van der Waals surface area contributed by atoms with Gasteiger partial charge in [0.2, 0.25) is 0 Å². The Morgan fingerprint density at radius 2 is 0.868 bits per heavy atom. The van der Waals surface area contributed by atoms with Crippen molar-refractivity contribution in [2.75, 3.05) is 0 Å². The van der Waals surface area contributed by atoms with Gasteiger partial charge < -0.3 is 0 Å². The minimum absolute atomic E-state index is 0.236. The maximum atomic E-state index is 9.65. The minimum atomic E-state index is -0.236. The van der Waals surface area contributed by atoms with E-state index in [2.05, 4.69) is 170 Å². The van der Waals surface area contributed by atoms with Crippen LogP contribution in [-0.2, 0) is 5.41 Å². The Morgan fingerprint density at radius 1 is 0.415 bits per heavy atom. The molecule has 0 atom stereocenters. The number of aromatic nitrogens is 2. The summed E-state index contributed by atoms with van der Waals surface area (Å²) in [5.74, 6) is 0. The predicted octanol–water partition coefficient (Wildman–Crippen LogP) is 12.7. The third-order valence-corrected chi connectivity index (χ3v) is 10.6. The average molecular weight is 678 g/mol. The largest absolute Gasteiger partial charge is 0.265 e. The van der Waals surface area contributed by atoms with Gasteiger partial charge in [0.1, 0.15) is 0 Å². The van der Waals surface area contributed by atoms with Gasteiger partial charge in [0, 0.05) is 28.9 Å². The summed E-state index contributed by atoms with van der Waals surface area (Å²) in [4.78, 5) is 9.53. The van der Waals surface area contributed by atoms with Crippen LogP contribution in [0.3, 0.4) is 0 Å². The smallest absolute Gasteiger partial charge is 0.0991 e. The molecule has 2 aromatic heterocycles. The Balaban J connectivity index is 1.20. The van der Waals surface area contributed by atoms with Gasteiger partial charge in [-0.05, 0) is 127 Å². The van der Waals surface area contributed by atoms with Crippen molar-refractivity contribution in [2.45, 2.75) is 19.3 Å². The Kier molecular flexibility index (Phi) is 7.87. The van der Waals surface area contributed by atoms with E-state index in [9.17, 15) is 5.26 Å². The normalized spacial score (nSPS) is 12.5. The molecule has 0 amide bonds. The highest BCUT2D eigenvalue weighted by molar-refractivity contribution is 5.88. The minimum Gasteiger partial charge on any atom is -0.265 e. The molecule has 2 heterocycles. The molecule has 250 valence electrons. The van der Waals surface area contributed by atoms with Gasteiger partial charge in [-0.1, -0.05) is 117 Å². The molecule has 0 radical (unpaired) electrons. The summed E-state index contributed by atoms with van der Waals surface area (Å²) in [6.45, 7) is 4.52. The molecular formula is C50H35N3. The lowest BCUT2D eigenvalue weighted by Gasteiger charge is -2.22. The number of hydrogen-bond donors (Lipinski definition) is 0. The van der Waals surface area contributed by atoms with E-state index >= 15 is 0 Å². The Hall–Kier alpha value is -6.89. The third-order valence-electron chi connectivity index (χ3n) is 10.6. The van der Waals surface area contributed by atoms with Crippen LogP contribution in [0.1, 0.15) is 30.5 Å². The maximum Gasteiger partial charge on any atom is 0.0991 e. The van der Waals surface area contributed by atoms with Crippen molar-refractivity contribution >= 4 is 0 Å². The molecule has 3 heteroatoms. The van der Waals surface area contributed by atoms with E-state index in [0.29, 0.717) is 5.56 Å². The highest BCUT2D eigenvalue weighted by atomic mass is 14.7. The first-order valence-corrected chi connectivity index (χ1v) is 17.9. The maximum absolute atomic E-state index is 9.65. The Labute approximate surface area is 310 Å². The molecule has 1 aliphatic carbocycles. The van der Waals surface area contributed by atoms with Crippen LogP contribution in [-0.4, -0.2) is 9.97 Å². The van der Waals surface area contributed by atoms with E-state index in [1.807, 2.05) is 30.6 Å². The quantitative estimate of drug-likeness (QED) is 0.176. The molecule has 9 rings (SSSR count). The number of fused-ring (bicyclic) bond motifs is 3. The van der Waals surface area contributed by atoms with E-state index in [4.69, 9.17) is 4.98 Å². The molecule has 0 bridgehead atoms. The first kappa shape index (κ1) is 32.0. The van der Waals surface area contributed by atoms with Gasteiger partial charge in [-0.15, -0.1) is 0 Å². The fourth-order valence-electron chi connectivity index (χ4n) is 7.72. The van der Waals surface area contributed by atoms with Gasteiger partial charge in [0.05, 0.1) is 23.0 Å². The van der Waals surface area contributed by atoms with Gasteiger partial charge in [-0.2, -0.15) is 5.26 Å².